The Labute approximate surface area is 106 Å². The predicted octanol–water partition coefficient (Wildman–Crippen LogP) is 0.925. The molecule has 102 valence electrons. The summed E-state index contributed by atoms with van der Waals surface area (Å²) in [6.45, 7) is 0. The monoisotopic (exact) mass is 290 g/mol. The quantitative estimate of drug-likeness (QED) is 0.894. The van der Waals surface area contributed by atoms with Crippen LogP contribution in [-0.4, -0.2) is 30.0 Å². The van der Waals surface area contributed by atoms with Crippen molar-refractivity contribution in [1.29, 1.82) is 0 Å². The van der Waals surface area contributed by atoms with Gasteiger partial charge in [-0.15, -0.1) is 0 Å². The zero-order valence-electron chi connectivity index (χ0n) is 9.39. The van der Waals surface area contributed by atoms with Crippen molar-refractivity contribution in [2.45, 2.75) is 22.5 Å². The van der Waals surface area contributed by atoms with Gasteiger partial charge in [0.15, 0.2) is 14.6 Å². The average molecular weight is 290 g/mol. The Balaban J connectivity index is 2.62. The van der Waals surface area contributed by atoms with Gasteiger partial charge in [-0.3, -0.25) is 9.59 Å². The fraction of sp³-hybridized carbons (Fsp3) is 0.273. The molecule has 1 aromatic rings. The van der Waals surface area contributed by atoms with E-state index in [1.165, 1.54) is 0 Å². The van der Waals surface area contributed by atoms with E-state index in [0.717, 1.165) is 0 Å². The third-order valence-corrected chi connectivity index (χ3v) is 5.44. The zero-order chi connectivity index (χ0) is 14.4. The van der Waals surface area contributed by atoms with Crippen LogP contribution >= 0.6 is 0 Å². The van der Waals surface area contributed by atoms with Gasteiger partial charge in [0.25, 0.3) is 0 Å². The number of Topliss-reactive ketones (excluding diaryl/α,β-unsaturated/α-hetero) is 1. The molecule has 2 rings (SSSR count). The van der Waals surface area contributed by atoms with E-state index in [-0.39, 0.29) is 0 Å². The molecule has 8 heteroatoms. The fourth-order valence-electron chi connectivity index (χ4n) is 1.94. The van der Waals surface area contributed by atoms with E-state index < -0.39 is 55.7 Å². The molecule has 1 fully saturated rings. The summed E-state index contributed by atoms with van der Waals surface area (Å²) in [4.78, 5) is 21.0. The standard InChI is InChI=1S/C11H8F2O5S/c12-6-1-2-8(13)9(3-6)19(17,18)11(10(15)16)4-7(14)5-11/h1-3H,4-5H2,(H,15,16). The number of carboxylic acid groups (broad SMARTS) is 1. The third-order valence-electron chi connectivity index (χ3n) is 3.05. The molecular weight excluding hydrogens is 282 g/mol. The van der Waals surface area contributed by atoms with Crippen molar-refractivity contribution in [3.63, 3.8) is 0 Å². The van der Waals surface area contributed by atoms with Crippen molar-refractivity contribution in [2.75, 3.05) is 0 Å². The summed E-state index contributed by atoms with van der Waals surface area (Å²) in [7, 11) is -4.68. The molecule has 0 radical (unpaired) electrons. The van der Waals surface area contributed by atoms with Crippen molar-refractivity contribution in [3.05, 3.63) is 29.8 Å². The summed E-state index contributed by atoms with van der Waals surface area (Å²) in [6, 6.07) is 1.73. The van der Waals surface area contributed by atoms with Crippen LogP contribution in [0.5, 0.6) is 0 Å². The highest BCUT2D eigenvalue weighted by atomic mass is 32.2. The van der Waals surface area contributed by atoms with Crippen molar-refractivity contribution in [2.24, 2.45) is 0 Å². The Bertz CT molecular complexity index is 672. The Morgan fingerprint density at radius 3 is 2.32 bits per heavy atom. The molecule has 1 aromatic carbocycles. The molecule has 19 heavy (non-hydrogen) atoms. The molecular formula is C11H8F2O5S. The van der Waals surface area contributed by atoms with Crippen molar-refractivity contribution >= 4 is 21.6 Å². The number of ketones is 1. The summed E-state index contributed by atoms with van der Waals surface area (Å²) in [6.07, 6.45) is -1.47. The van der Waals surface area contributed by atoms with Gasteiger partial charge in [-0.25, -0.2) is 17.2 Å². The third kappa shape index (κ3) is 1.83. The number of sulfone groups is 1. The molecule has 5 nitrogen and oxygen atoms in total. The zero-order valence-corrected chi connectivity index (χ0v) is 10.2. The second-order valence-electron chi connectivity index (χ2n) is 4.27. The van der Waals surface area contributed by atoms with E-state index in [2.05, 4.69) is 0 Å². The summed E-state index contributed by atoms with van der Waals surface area (Å²) < 4.78 is 48.4. The average Bonchev–Trinajstić information content (AvgIpc) is 2.27. The minimum Gasteiger partial charge on any atom is -0.480 e. The Morgan fingerprint density at radius 2 is 1.84 bits per heavy atom. The van der Waals surface area contributed by atoms with Crippen LogP contribution in [0.1, 0.15) is 12.8 Å². The second-order valence-corrected chi connectivity index (χ2v) is 6.50. The lowest BCUT2D eigenvalue weighted by atomic mass is 9.83. The number of rotatable bonds is 3. The van der Waals surface area contributed by atoms with Crippen LogP contribution in [0.4, 0.5) is 8.78 Å². The van der Waals surface area contributed by atoms with Crippen LogP contribution in [0.2, 0.25) is 0 Å². The lowest BCUT2D eigenvalue weighted by Crippen LogP contribution is -2.56. The molecule has 1 aliphatic carbocycles. The molecule has 0 bridgehead atoms. The topological polar surface area (TPSA) is 88.5 Å². The number of halogens is 2. The van der Waals surface area contributed by atoms with Gasteiger partial charge < -0.3 is 5.11 Å². The Hall–Kier alpha value is -1.83. The number of carboxylic acids is 1. The molecule has 1 N–H and O–H groups in total. The van der Waals surface area contributed by atoms with Gasteiger partial charge in [0.1, 0.15) is 22.3 Å². The first kappa shape index (κ1) is 13.6. The molecule has 1 saturated carbocycles. The number of carbonyl (C=O) groups excluding carboxylic acids is 1. The van der Waals surface area contributed by atoms with E-state index in [1.54, 1.807) is 0 Å². The smallest absolute Gasteiger partial charge is 0.326 e. The largest absolute Gasteiger partial charge is 0.480 e. The summed E-state index contributed by atoms with van der Waals surface area (Å²) in [5, 5.41) is 9.01. The maximum atomic E-state index is 13.5. The van der Waals surface area contributed by atoms with Crippen LogP contribution in [0.15, 0.2) is 23.1 Å². The highest BCUT2D eigenvalue weighted by Crippen LogP contribution is 2.41. The second kappa shape index (κ2) is 4.09. The molecule has 0 aromatic heterocycles. The first-order valence-electron chi connectivity index (χ1n) is 5.15. The minimum absolute atomic E-state index is 0.415. The van der Waals surface area contributed by atoms with E-state index in [4.69, 9.17) is 5.11 Å². The lowest BCUT2D eigenvalue weighted by Gasteiger charge is -2.35. The normalized spacial score (nSPS) is 17.9. The predicted molar refractivity (Wildman–Crippen MR) is 58.2 cm³/mol. The van der Waals surface area contributed by atoms with Crippen molar-refractivity contribution in [3.8, 4) is 0 Å². The van der Waals surface area contributed by atoms with Gasteiger partial charge in [-0.2, -0.15) is 0 Å². The van der Waals surface area contributed by atoms with Crippen molar-refractivity contribution < 1.29 is 31.9 Å². The van der Waals surface area contributed by atoms with E-state index in [0.29, 0.717) is 18.2 Å². The number of hydrogen-bond acceptors (Lipinski definition) is 4. The van der Waals surface area contributed by atoms with Crippen LogP contribution in [0.25, 0.3) is 0 Å². The van der Waals surface area contributed by atoms with Gasteiger partial charge in [0, 0.05) is 12.8 Å². The maximum absolute atomic E-state index is 13.5. The number of aliphatic carboxylic acids is 1. The number of benzene rings is 1. The fourth-order valence-corrected chi connectivity index (χ4v) is 3.88. The highest BCUT2D eigenvalue weighted by molar-refractivity contribution is 7.93. The lowest BCUT2D eigenvalue weighted by molar-refractivity contribution is -0.147. The molecule has 0 unspecified atom stereocenters. The maximum Gasteiger partial charge on any atom is 0.326 e. The van der Waals surface area contributed by atoms with Gasteiger partial charge in [0.2, 0.25) is 0 Å². The molecule has 1 aliphatic rings. The Kier molecular flexibility index (Phi) is 2.93. The first-order valence-corrected chi connectivity index (χ1v) is 6.64. The van der Waals surface area contributed by atoms with Crippen molar-refractivity contribution in [1.82, 2.24) is 0 Å². The highest BCUT2D eigenvalue weighted by Gasteiger charge is 2.61. The van der Waals surface area contributed by atoms with E-state index in [1.807, 2.05) is 0 Å². The Morgan fingerprint density at radius 1 is 1.26 bits per heavy atom. The van der Waals surface area contributed by atoms with E-state index >= 15 is 0 Å². The minimum atomic E-state index is -4.68. The molecule has 0 atom stereocenters. The molecule has 0 saturated heterocycles. The molecule has 0 aliphatic heterocycles. The van der Waals surface area contributed by atoms with Crippen LogP contribution in [0, 0.1) is 11.6 Å². The first-order chi connectivity index (χ1) is 8.70. The van der Waals surface area contributed by atoms with Crippen LogP contribution < -0.4 is 0 Å². The van der Waals surface area contributed by atoms with Crippen LogP contribution in [-0.2, 0) is 19.4 Å². The summed E-state index contributed by atoms with van der Waals surface area (Å²) in [5.74, 6) is -4.55. The number of hydrogen-bond donors (Lipinski definition) is 1. The SMILES string of the molecule is O=C1CC(C(=O)O)(S(=O)(=O)c2cc(F)ccc2F)C1. The van der Waals surface area contributed by atoms with Crippen LogP contribution in [0.3, 0.4) is 0 Å². The van der Waals surface area contributed by atoms with Gasteiger partial charge in [-0.05, 0) is 18.2 Å². The van der Waals surface area contributed by atoms with Gasteiger partial charge >= 0.3 is 5.97 Å². The molecule has 0 spiro atoms. The molecule has 0 amide bonds. The number of carbonyl (C=O) groups is 2. The summed E-state index contributed by atoms with van der Waals surface area (Å²) in [5.41, 5.74) is 0. The summed E-state index contributed by atoms with van der Waals surface area (Å²) >= 11 is 0. The molecule has 0 heterocycles. The van der Waals surface area contributed by atoms with Gasteiger partial charge in [-0.1, -0.05) is 0 Å². The van der Waals surface area contributed by atoms with Gasteiger partial charge in [0.05, 0.1) is 0 Å². The van der Waals surface area contributed by atoms with E-state index in [9.17, 15) is 26.8 Å².